The van der Waals surface area contributed by atoms with Crippen LogP contribution in [0, 0.1) is 13.8 Å². The summed E-state index contributed by atoms with van der Waals surface area (Å²) in [5.74, 6) is 0.739. The molecule has 84 valence electrons. The van der Waals surface area contributed by atoms with E-state index in [0.717, 1.165) is 17.2 Å². The van der Waals surface area contributed by atoms with Crippen LogP contribution in [0.5, 0.6) is 0 Å². The van der Waals surface area contributed by atoms with Crippen molar-refractivity contribution in [2.45, 2.75) is 13.8 Å². The quantitative estimate of drug-likeness (QED) is 0.803. The van der Waals surface area contributed by atoms with Crippen LogP contribution in [0.25, 0.3) is 5.69 Å². The minimum absolute atomic E-state index is 0.739. The van der Waals surface area contributed by atoms with Crippen molar-refractivity contribution in [2.75, 3.05) is 12.6 Å². The molecule has 1 heterocycles. The van der Waals surface area contributed by atoms with Crippen molar-refractivity contribution in [1.82, 2.24) is 9.55 Å². The monoisotopic (exact) mass is 217 g/mol. The number of hydrogen-bond acceptors (Lipinski definition) is 3. The lowest BCUT2D eigenvalue weighted by molar-refractivity contribution is 0.269. The third-order valence-electron chi connectivity index (χ3n) is 2.52. The van der Waals surface area contributed by atoms with Gasteiger partial charge >= 0.3 is 0 Å². The summed E-state index contributed by atoms with van der Waals surface area (Å²) in [6, 6.07) is 8.30. The molecule has 0 amide bonds. The zero-order valence-corrected chi connectivity index (χ0v) is 9.69. The van der Waals surface area contributed by atoms with Gasteiger partial charge in [0.15, 0.2) is 5.82 Å². The van der Waals surface area contributed by atoms with Crippen LogP contribution in [0.1, 0.15) is 11.3 Å². The highest BCUT2D eigenvalue weighted by molar-refractivity contribution is 5.44. The number of aromatic nitrogens is 2. The van der Waals surface area contributed by atoms with Crippen molar-refractivity contribution in [2.24, 2.45) is 0 Å². The van der Waals surface area contributed by atoms with Gasteiger partial charge in [0, 0.05) is 5.69 Å². The molecule has 16 heavy (non-hydrogen) atoms. The number of hydrogen-bond donors (Lipinski definition) is 1. The highest BCUT2D eigenvalue weighted by Gasteiger charge is 2.06. The molecule has 0 radical (unpaired) electrons. The van der Waals surface area contributed by atoms with Crippen LogP contribution in [-0.2, 0) is 4.84 Å². The molecule has 0 aliphatic rings. The van der Waals surface area contributed by atoms with Crippen molar-refractivity contribution in [3.63, 3.8) is 0 Å². The van der Waals surface area contributed by atoms with E-state index in [-0.39, 0.29) is 0 Å². The van der Waals surface area contributed by atoms with Crippen molar-refractivity contribution in [1.29, 1.82) is 0 Å². The van der Waals surface area contributed by atoms with E-state index in [1.807, 2.05) is 11.5 Å². The Morgan fingerprint density at radius 2 is 1.88 bits per heavy atom. The maximum absolute atomic E-state index is 4.85. The standard InChI is InChI=1S/C12H15N3O/c1-9-4-6-11(7-5-9)15-8-13-12(10(15)2)14-16-3/h4-8,14H,1-3H3. The normalized spacial score (nSPS) is 10.4. The van der Waals surface area contributed by atoms with Gasteiger partial charge < -0.3 is 4.57 Å². The Hall–Kier alpha value is -1.81. The Morgan fingerprint density at radius 3 is 2.50 bits per heavy atom. The number of imidazole rings is 1. The number of aryl methyl sites for hydroxylation is 1. The minimum Gasteiger partial charge on any atom is -0.301 e. The first-order valence-corrected chi connectivity index (χ1v) is 5.12. The second-order valence-electron chi connectivity index (χ2n) is 3.69. The zero-order valence-electron chi connectivity index (χ0n) is 9.69. The molecule has 0 bridgehead atoms. The molecule has 0 spiro atoms. The molecule has 1 aromatic heterocycles. The number of nitrogens with one attached hydrogen (secondary N) is 1. The SMILES string of the molecule is CONc1ncn(-c2ccc(C)cc2)c1C. The second kappa shape index (κ2) is 4.37. The average Bonchev–Trinajstić information content (AvgIpc) is 2.63. The fraction of sp³-hybridized carbons (Fsp3) is 0.250. The first-order valence-electron chi connectivity index (χ1n) is 5.12. The van der Waals surface area contributed by atoms with Crippen LogP contribution in [-0.4, -0.2) is 16.7 Å². The highest BCUT2D eigenvalue weighted by atomic mass is 16.6. The molecule has 0 aliphatic heterocycles. The Kier molecular flexibility index (Phi) is 2.92. The van der Waals surface area contributed by atoms with Crippen molar-refractivity contribution in [3.8, 4) is 5.69 Å². The van der Waals surface area contributed by atoms with E-state index in [1.54, 1.807) is 13.4 Å². The van der Waals surface area contributed by atoms with Crippen LogP contribution in [0.3, 0.4) is 0 Å². The van der Waals surface area contributed by atoms with Crippen molar-refractivity contribution < 1.29 is 4.84 Å². The lowest BCUT2D eigenvalue weighted by atomic mass is 10.2. The molecule has 4 heteroatoms. The van der Waals surface area contributed by atoms with Gasteiger partial charge in [-0.05, 0) is 26.0 Å². The second-order valence-corrected chi connectivity index (χ2v) is 3.69. The molecule has 2 aromatic rings. The molecular formula is C12H15N3O. The van der Waals surface area contributed by atoms with Gasteiger partial charge in [-0.25, -0.2) is 10.5 Å². The predicted octanol–water partition coefficient (Wildman–Crippen LogP) is 2.46. The van der Waals surface area contributed by atoms with Crippen LogP contribution in [0.2, 0.25) is 0 Å². The molecular weight excluding hydrogens is 202 g/mol. The smallest absolute Gasteiger partial charge is 0.171 e. The van der Waals surface area contributed by atoms with E-state index < -0.39 is 0 Å². The van der Waals surface area contributed by atoms with Gasteiger partial charge in [-0.3, -0.25) is 4.84 Å². The predicted molar refractivity (Wildman–Crippen MR) is 63.7 cm³/mol. The summed E-state index contributed by atoms with van der Waals surface area (Å²) in [4.78, 5) is 9.08. The van der Waals surface area contributed by atoms with Crippen LogP contribution in [0.4, 0.5) is 5.82 Å². The first-order chi connectivity index (χ1) is 7.72. The number of rotatable bonds is 3. The number of benzene rings is 1. The highest BCUT2D eigenvalue weighted by Crippen LogP contribution is 2.17. The maximum atomic E-state index is 4.85. The summed E-state index contributed by atoms with van der Waals surface area (Å²) < 4.78 is 2.01. The molecule has 1 N–H and O–H groups in total. The van der Waals surface area contributed by atoms with Gasteiger partial charge in [0.1, 0.15) is 6.33 Å². The number of anilines is 1. The van der Waals surface area contributed by atoms with E-state index in [4.69, 9.17) is 4.84 Å². The minimum atomic E-state index is 0.739. The van der Waals surface area contributed by atoms with Gasteiger partial charge in [0.05, 0.1) is 12.8 Å². The molecule has 1 aromatic carbocycles. The van der Waals surface area contributed by atoms with Gasteiger partial charge in [-0.2, -0.15) is 0 Å². The molecule has 0 saturated heterocycles. The van der Waals surface area contributed by atoms with Crippen molar-refractivity contribution in [3.05, 3.63) is 41.9 Å². The van der Waals surface area contributed by atoms with Crippen LogP contribution >= 0.6 is 0 Å². The van der Waals surface area contributed by atoms with E-state index >= 15 is 0 Å². The van der Waals surface area contributed by atoms with Gasteiger partial charge in [-0.15, -0.1) is 0 Å². The molecule has 0 saturated carbocycles. The fourth-order valence-electron chi connectivity index (χ4n) is 1.57. The van der Waals surface area contributed by atoms with Gasteiger partial charge in [0.2, 0.25) is 0 Å². The Bertz CT molecular complexity index is 474. The Labute approximate surface area is 94.8 Å². The number of nitrogens with zero attached hydrogens (tertiary/aromatic N) is 2. The summed E-state index contributed by atoms with van der Waals surface area (Å²) in [7, 11) is 1.57. The Morgan fingerprint density at radius 1 is 1.19 bits per heavy atom. The van der Waals surface area contributed by atoms with Gasteiger partial charge in [0.25, 0.3) is 0 Å². The average molecular weight is 217 g/mol. The molecule has 4 nitrogen and oxygen atoms in total. The fourth-order valence-corrected chi connectivity index (χ4v) is 1.57. The van der Waals surface area contributed by atoms with Gasteiger partial charge in [-0.1, -0.05) is 17.7 Å². The summed E-state index contributed by atoms with van der Waals surface area (Å²) in [5.41, 5.74) is 6.11. The lowest BCUT2D eigenvalue weighted by Gasteiger charge is -2.06. The maximum Gasteiger partial charge on any atom is 0.171 e. The summed E-state index contributed by atoms with van der Waals surface area (Å²) >= 11 is 0. The third-order valence-corrected chi connectivity index (χ3v) is 2.52. The Balaban J connectivity index is 2.37. The largest absolute Gasteiger partial charge is 0.301 e. The zero-order chi connectivity index (χ0) is 11.5. The molecule has 0 atom stereocenters. The van der Waals surface area contributed by atoms with E-state index in [2.05, 4.69) is 41.7 Å². The summed E-state index contributed by atoms with van der Waals surface area (Å²) in [6.45, 7) is 4.07. The molecule has 2 rings (SSSR count). The molecule has 0 unspecified atom stereocenters. The molecule has 0 aliphatic carbocycles. The first kappa shape index (κ1) is 10.7. The lowest BCUT2D eigenvalue weighted by Crippen LogP contribution is -2.00. The van der Waals surface area contributed by atoms with E-state index in [1.165, 1.54) is 5.56 Å². The van der Waals surface area contributed by atoms with Crippen molar-refractivity contribution >= 4 is 5.82 Å². The van der Waals surface area contributed by atoms with E-state index in [9.17, 15) is 0 Å². The third kappa shape index (κ3) is 1.92. The summed E-state index contributed by atoms with van der Waals surface area (Å²) in [6.07, 6.45) is 1.78. The topological polar surface area (TPSA) is 39.1 Å². The van der Waals surface area contributed by atoms with Crippen LogP contribution in [0.15, 0.2) is 30.6 Å². The van der Waals surface area contributed by atoms with E-state index in [0.29, 0.717) is 0 Å². The molecule has 0 fully saturated rings. The van der Waals surface area contributed by atoms with Crippen LogP contribution < -0.4 is 5.48 Å². The summed E-state index contributed by atoms with van der Waals surface area (Å²) in [5, 5.41) is 0.